The maximum atomic E-state index is 13.6. The van der Waals surface area contributed by atoms with Crippen molar-refractivity contribution in [3.63, 3.8) is 0 Å². The molecule has 4 heteroatoms. The molecule has 0 saturated carbocycles. The van der Waals surface area contributed by atoms with Crippen LogP contribution in [0.2, 0.25) is 0 Å². The second-order valence-electron chi connectivity index (χ2n) is 4.61. The van der Waals surface area contributed by atoms with E-state index in [2.05, 4.69) is 10.2 Å². The van der Waals surface area contributed by atoms with Crippen molar-refractivity contribution in [3.05, 3.63) is 24.0 Å². The Bertz CT molecular complexity index is 428. The predicted octanol–water partition coefficient (Wildman–Crippen LogP) is 3.16. The number of nitrogens with zero attached hydrogens (tertiary/aromatic N) is 1. The highest BCUT2D eigenvalue weighted by atomic mass is 19.1. The van der Waals surface area contributed by atoms with Crippen LogP contribution in [0.1, 0.15) is 32.6 Å². The Morgan fingerprint density at radius 2 is 2.06 bits per heavy atom. The molecule has 1 aromatic rings. The van der Waals surface area contributed by atoms with E-state index in [9.17, 15) is 9.18 Å². The van der Waals surface area contributed by atoms with E-state index < -0.39 is 0 Å². The van der Waals surface area contributed by atoms with Crippen LogP contribution < -0.4 is 10.2 Å². The van der Waals surface area contributed by atoms with Crippen LogP contribution in [-0.4, -0.2) is 19.0 Å². The molecule has 18 heavy (non-hydrogen) atoms. The van der Waals surface area contributed by atoms with Crippen molar-refractivity contribution in [2.75, 3.05) is 23.3 Å². The molecule has 0 atom stereocenters. The summed E-state index contributed by atoms with van der Waals surface area (Å²) < 4.78 is 13.6. The van der Waals surface area contributed by atoms with Gasteiger partial charge in [-0.05, 0) is 37.5 Å². The molecule has 0 aromatic heterocycles. The van der Waals surface area contributed by atoms with Crippen molar-refractivity contribution in [1.29, 1.82) is 0 Å². The highest BCUT2D eigenvalue weighted by molar-refractivity contribution is 5.91. The third-order valence-electron chi connectivity index (χ3n) is 3.27. The fourth-order valence-corrected chi connectivity index (χ4v) is 2.20. The van der Waals surface area contributed by atoms with Crippen LogP contribution in [0.4, 0.5) is 15.8 Å². The van der Waals surface area contributed by atoms with Gasteiger partial charge in [-0.2, -0.15) is 0 Å². The lowest BCUT2D eigenvalue weighted by Gasteiger charge is -2.29. The van der Waals surface area contributed by atoms with Crippen molar-refractivity contribution in [1.82, 2.24) is 0 Å². The normalized spacial score (nSPS) is 15.6. The molecule has 1 amide bonds. The summed E-state index contributed by atoms with van der Waals surface area (Å²) in [4.78, 5) is 13.6. The number of anilines is 2. The molecule has 1 N–H and O–H groups in total. The molecule has 0 bridgehead atoms. The summed E-state index contributed by atoms with van der Waals surface area (Å²) in [7, 11) is 0. The Morgan fingerprint density at radius 3 is 2.72 bits per heavy atom. The van der Waals surface area contributed by atoms with Crippen molar-refractivity contribution in [2.45, 2.75) is 32.6 Å². The van der Waals surface area contributed by atoms with Gasteiger partial charge in [0.25, 0.3) is 0 Å². The van der Waals surface area contributed by atoms with Crippen molar-refractivity contribution in [3.8, 4) is 0 Å². The van der Waals surface area contributed by atoms with Crippen LogP contribution in [0.15, 0.2) is 18.2 Å². The first-order valence-electron chi connectivity index (χ1n) is 6.55. The molecule has 0 radical (unpaired) electrons. The number of halogens is 1. The maximum absolute atomic E-state index is 13.6. The molecule has 1 saturated heterocycles. The van der Waals surface area contributed by atoms with Crippen molar-refractivity contribution < 1.29 is 9.18 Å². The average molecular weight is 250 g/mol. The summed E-state index contributed by atoms with van der Waals surface area (Å²) in [6.45, 7) is 3.77. The number of rotatable bonds is 3. The minimum Gasteiger partial charge on any atom is -0.371 e. The van der Waals surface area contributed by atoms with Gasteiger partial charge in [-0.3, -0.25) is 4.79 Å². The summed E-state index contributed by atoms with van der Waals surface area (Å²) in [5, 5.41) is 2.60. The van der Waals surface area contributed by atoms with E-state index in [-0.39, 0.29) is 17.4 Å². The Balaban J connectivity index is 2.16. The minimum atomic E-state index is -0.377. The van der Waals surface area contributed by atoms with Crippen molar-refractivity contribution >= 4 is 17.3 Å². The quantitative estimate of drug-likeness (QED) is 0.893. The van der Waals surface area contributed by atoms with Crippen LogP contribution in [0.5, 0.6) is 0 Å². The molecule has 0 spiro atoms. The van der Waals surface area contributed by atoms with Gasteiger partial charge in [0.15, 0.2) is 0 Å². The van der Waals surface area contributed by atoms with Gasteiger partial charge in [-0.1, -0.05) is 6.92 Å². The average Bonchev–Trinajstić information content (AvgIpc) is 2.42. The second-order valence-corrected chi connectivity index (χ2v) is 4.61. The lowest BCUT2D eigenvalue weighted by Crippen LogP contribution is -2.29. The minimum absolute atomic E-state index is 0.162. The summed E-state index contributed by atoms with van der Waals surface area (Å²) >= 11 is 0. The molecule has 1 aliphatic rings. The predicted molar refractivity (Wildman–Crippen MR) is 71.4 cm³/mol. The number of carbonyl (C=O) groups is 1. The zero-order valence-corrected chi connectivity index (χ0v) is 10.7. The molecule has 1 aliphatic heterocycles. The molecule has 2 rings (SSSR count). The van der Waals surface area contributed by atoms with Crippen LogP contribution in [0.25, 0.3) is 0 Å². The van der Waals surface area contributed by atoms with E-state index in [0.29, 0.717) is 6.42 Å². The van der Waals surface area contributed by atoms with E-state index in [0.717, 1.165) is 18.8 Å². The van der Waals surface area contributed by atoms with Gasteiger partial charge in [0.2, 0.25) is 5.91 Å². The summed E-state index contributed by atoms with van der Waals surface area (Å²) in [6.07, 6.45) is 3.96. The highest BCUT2D eigenvalue weighted by Crippen LogP contribution is 2.25. The topological polar surface area (TPSA) is 32.3 Å². The molecule has 98 valence electrons. The zero-order chi connectivity index (χ0) is 13.0. The third kappa shape index (κ3) is 3.00. The molecule has 3 nitrogen and oxygen atoms in total. The maximum Gasteiger partial charge on any atom is 0.224 e. The fraction of sp³-hybridized carbons (Fsp3) is 0.500. The molecule has 1 aromatic carbocycles. The van der Waals surface area contributed by atoms with Gasteiger partial charge >= 0.3 is 0 Å². The summed E-state index contributed by atoms with van der Waals surface area (Å²) in [6, 6.07) is 4.94. The van der Waals surface area contributed by atoms with Gasteiger partial charge in [0, 0.05) is 25.2 Å². The molecule has 0 unspecified atom stereocenters. The smallest absolute Gasteiger partial charge is 0.224 e. The fourth-order valence-electron chi connectivity index (χ4n) is 2.20. The number of benzene rings is 1. The van der Waals surface area contributed by atoms with E-state index in [1.165, 1.54) is 25.3 Å². The number of hydrogen-bond donors (Lipinski definition) is 1. The number of amides is 1. The molecular formula is C14H19FN2O. The van der Waals surface area contributed by atoms with Gasteiger partial charge < -0.3 is 10.2 Å². The van der Waals surface area contributed by atoms with Crippen LogP contribution in [0, 0.1) is 5.82 Å². The first kappa shape index (κ1) is 12.9. The zero-order valence-electron chi connectivity index (χ0n) is 10.7. The van der Waals surface area contributed by atoms with Gasteiger partial charge in [0.1, 0.15) is 5.82 Å². The summed E-state index contributed by atoms with van der Waals surface area (Å²) in [5.74, 6) is -0.540. The molecular weight excluding hydrogens is 231 g/mol. The SMILES string of the molecule is CCC(=O)Nc1cc(N2CCCCC2)ccc1F. The Hall–Kier alpha value is -1.58. The van der Waals surface area contributed by atoms with Crippen LogP contribution >= 0.6 is 0 Å². The molecule has 1 fully saturated rings. The second kappa shape index (κ2) is 5.85. The Labute approximate surface area is 107 Å². The first-order chi connectivity index (χ1) is 8.70. The highest BCUT2D eigenvalue weighted by Gasteiger charge is 2.13. The first-order valence-corrected chi connectivity index (χ1v) is 6.55. The van der Waals surface area contributed by atoms with Gasteiger partial charge in [0.05, 0.1) is 5.69 Å². The molecule has 1 heterocycles. The van der Waals surface area contributed by atoms with Gasteiger partial charge in [-0.15, -0.1) is 0 Å². The Kier molecular flexibility index (Phi) is 4.18. The van der Waals surface area contributed by atoms with E-state index in [1.54, 1.807) is 19.1 Å². The number of nitrogens with one attached hydrogen (secondary N) is 1. The van der Waals surface area contributed by atoms with E-state index in [4.69, 9.17) is 0 Å². The Morgan fingerprint density at radius 1 is 1.33 bits per heavy atom. The van der Waals surface area contributed by atoms with Crippen molar-refractivity contribution in [2.24, 2.45) is 0 Å². The van der Waals surface area contributed by atoms with E-state index >= 15 is 0 Å². The van der Waals surface area contributed by atoms with Crippen LogP contribution in [0.3, 0.4) is 0 Å². The lowest BCUT2D eigenvalue weighted by atomic mass is 10.1. The third-order valence-corrected chi connectivity index (χ3v) is 3.27. The summed E-state index contributed by atoms with van der Waals surface area (Å²) in [5.41, 5.74) is 1.27. The standard InChI is InChI=1S/C14H19FN2O/c1-2-14(18)16-13-10-11(6-7-12(13)15)17-8-4-3-5-9-17/h6-7,10H,2-5,8-9H2,1H3,(H,16,18). The van der Waals surface area contributed by atoms with Gasteiger partial charge in [-0.25, -0.2) is 4.39 Å². The van der Waals surface area contributed by atoms with Crippen LogP contribution in [-0.2, 0) is 4.79 Å². The lowest BCUT2D eigenvalue weighted by molar-refractivity contribution is -0.115. The largest absolute Gasteiger partial charge is 0.371 e. The number of piperidine rings is 1. The number of hydrogen-bond acceptors (Lipinski definition) is 2. The molecule has 0 aliphatic carbocycles. The monoisotopic (exact) mass is 250 g/mol. The van der Waals surface area contributed by atoms with E-state index in [1.807, 2.05) is 0 Å². The number of carbonyl (C=O) groups excluding carboxylic acids is 1.